The number of para-hydroxylation sites is 1. The fourth-order valence-electron chi connectivity index (χ4n) is 2.58. The van der Waals surface area contributed by atoms with Gasteiger partial charge in [0.2, 0.25) is 15.9 Å². The van der Waals surface area contributed by atoms with E-state index in [1.54, 1.807) is 36.4 Å². The van der Waals surface area contributed by atoms with Crippen molar-refractivity contribution in [3.8, 4) is 0 Å². The predicted octanol–water partition coefficient (Wildman–Crippen LogP) is 2.86. The predicted molar refractivity (Wildman–Crippen MR) is 103 cm³/mol. The summed E-state index contributed by atoms with van der Waals surface area (Å²) in [6, 6.07) is 13.6. The molecule has 6 nitrogen and oxygen atoms in total. The molecule has 1 amide bonds. The minimum Gasteiger partial charge on any atom is -0.324 e. The molecule has 1 N–H and O–H groups in total. The van der Waals surface area contributed by atoms with Gasteiger partial charge in [-0.1, -0.05) is 37.3 Å². The third-order valence-corrected chi connectivity index (χ3v) is 5.01. The van der Waals surface area contributed by atoms with E-state index in [-0.39, 0.29) is 12.3 Å². The van der Waals surface area contributed by atoms with Gasteiger partial charge >= 0.3 is 0 Å². The maximum Gasteiger partial charge on any atom is 0.245 e. The Bertz CT molecular complexity index is 923. The van der Waals surface area contributed by atoms with E-state index in [2.05, 4.69) is 5.32 Å². The Balaban J connectivity index is 2.25. The molecule has 0 aliphatic carbocycles. The number of aryl methyl sites for hydroxylation is 1. The van der Waals surface area contributed by atoms with Crippen molar-refractivity contribution in [2.24, 2.45) is 0 Å². The number of amides is 1. The second kappa shape index (κ2) is 8.14. The van der Waals surface area contributed by atoms with Crippen LogP contribution in [-0.4, -0.2) is 32.9 Å². The van der Waals surface area contributed by atoms with Gasteiger partial charge in [0.15, 0.2) is 5.78 Å². The number of carbonyl (C=O) groups is 2. The minimum atomic E-state index is -3.64. The lowest BCUT2D eigenvalue weighted by atomic mass is 10.1. The summed E-state index contributed by atoms with van der Waals surface area (Å²) < 4.78 is 25.6. The van der Waals surface area contributed by atoms with E-state index in [0.29, 0.717) is 23.4 Å². The van der Waals surface area contributed by atoms with Gasteiger partial charge in [0.1, 0.15) is 6.54 Å². The van der Waals surface area contributed by atoms with Crippen LogP contribution in [0.2, 0.25) is 0 Å². The number of rotatable bonds is 7. The number of nitrogens with one attached hydrogen (secondary N) is 1. The van der Waals surface area contributed by atoms with Crippen LogP contribution in [0.1, 0.15) is 29.8 Å². The Morgan fingerprint density at radius 2 is 1.77 bits per heavy atom. The number of Topliss-reactive ketones (excluding diaryl/α,β-unsaturated/α-hetero) is 1. The molecule has 0 aromatic heterocycles. The fraction of sp³-hybridized carbons (Fsp3) is 0.263. The van der Waals surface area contributed by atoms with Gasteiger partial charge in [0.25, 0.3) is 0 Å². The molecule has 2 aromatic carbocycles. The Labute approximate surface area is 153 Å². The lowest BCUT2D eigenvalue weighted by molar-refractivity contribution is -0.114. The molecular weight excluding hydrogens is 352 g/mol. The fourth-order valence-corrected chi connectivity index (χ4v) is 3.47. The summed E-state index contributed by atoms with van der Waals surface area (Å²) in [5.41, 5.74) is 2.24. The SMILES string of the molecule is CCc1ccccc1N(CC(=O)Nc1cccc(C(C)=O)c1)S(C)(=O)=O. The number of hydrogen-bond donors (Lipinski definition) is 1. The Hall–Kier alpha value is -2.67. The molecule has 0 heterocycles. The van der Waals surface area contributed by atoms with Crippen LogP contribution in [0, 0.1) is 0 Å². The first-order valence-corrected chi connectivity index (χ1v) is 10.0. The van der Waals surface area contributed by atoms with Crippen LogP contribution in [0.25, 0.3) is 0 Å². The molecule has 0 saturated heterocycles. The number of benzene rings is 2. The molecule has 0 aliphatic rings. The van der Waals surface area contributed by atoms with Crippen molar-refractivity contribution in [2.75, 3.05) is 22.4 Å². The molecule has 26 heavy (non-hydrogen) atoms. The summed E-state index contributed by atoms with van der Waals surface area (Å²) in [7, 11) is -3.64. The maximum absolute atomic E-state index is 12.4. The molecule has 0 unspecified atom stereocenters. The molecule has 0 atom stereocenters. The first-order valence-electron chi connectivity index (χ1n) is 8.19. The summed E-state index contributed by atoms with van der Waals surface area (Å²) in [6.07, 6.45) is 1.72. The maximum atomic E-state index is 12.4. The lowest BCUT2D eigenvalue weighted by Crippen LogP contribution is -2.38. The lowest BCUT2D eigenvalue weighted by Gasteiger charge is -2.24. The number of ketones is 1. The third-order valence-electron chi connectivity index (χ3n) is 3.88. The smallest absolute Gasteiger partial charge is 0.245 e. The molecule has 0 aliphatic heterocycles. The molecule has 0 radical (unpaired) electrons. The van der Waals surface area contributed by atoms with Crippen LogP contribution in [0.15, 0.2) is 48.5 Å². The third kappa shape index (κ3) is 4.92. The van der Waals surface area contributed by atoms with Gasteiger partial charge in [-0.15, -0.1) is 0 Å². The van der Waals surface area contributed by atoms with Gasteiger partial charge in [-0.3, -0.25) is 13.9 Å². The van der Waals surface area contributed by atoms with Gasteiger partial charge in [0, 0.05) is 11.3 Å². The molecule has 2 aromatic rings. The molecule has 138 valence electrons. The van der Waals surface area contributed by atoms with Crippen molar-refractivity contribution in [1.29, 1.82) is 0 Å². The van der Waals surface area contributed by atoms with E-state index in [0.717, 1.165) is 16.1 Å². The Morgan fingerprint density at radius 1 is 1.08 bits per heavy atom. The number of carbonyl (C=O) groups excluding carboxylic acids is 2. The molecular formula is C19H22N2O4S. The van der Waals surface area contributed by atoms with Crippen molar-refractivity contribution in [1.82, 2.24) is 0 Å². The number of nitrogens with zero attached hydrogens (tertiary/aromatic N) is 1. The standard InChI is InChI=1S/C19H22N2O4S/c1-4-15-8-5-6-11-18(15)21(26(3,24)25)13-19(23)20-17-10-7-9-16(12-17)14(2)22/h5-12H,4,13H2,1-3H3,(H,20,23). The highest BCUT2D eigenvalue weighted by atomic mass is 32.2. The van der Waals surface area contributed by atoms with Crippen LogP contribution >= 0.6 is 0 Å². The zero-order valence-corrected chi connectivity index (χ0v) is 15.8. The zero-order chi connectivity index (χ0) is 19.3. The zero-order valence-electron chi connectivity index (χ0n) is 15.0. The van der Waals surface area contributed by atoms with Crippen LogP contribution in [0.5, 0.6) is 0 Å². The van der Waals surface area contributed by atoms with Crippen molar-refractivity contribution >= 4 is 33.1 Å². The number of hydrogen-bond acceptors (Lipinski definition) is 4. The van der Waals surface area contributed by atoms with Crippen molar-refractivity contribution in [3.63, 3.8) is 0 Å². The number of anilines is 2. The molecule has 7 heteroatoms. The topological polar surface area (TPSA) is 83.6 Å². The average Bonchev–Trinajstić information content (AvgIpc) is 2.59. The quantitative estimate of drug-likeness (QED) is 0.756. The van der Waals surface area contributed by atoms with Crippen LogP contribution in [-0.2, 0) is 21.2 Å². The van der Waals surface area contributed by atoms with E-state index in [9.17, 15) is 18.0 Å². The van der Waals surface area contributed by atoms with Gasteiger partial charge in [-0.25, -0.2) is 8.42 Å². The van der Waals surface area contributed by atoms with Crippen LogP contribution < -0.4 is 9.62 Å². The summed E-state index contributed by atoms with van der Waals surface area (Å²) in [5.74, 6) is -0.599. The van der Waals surface area contributed by atoms with Crippen LogP contribution in [0.4, 0.5) is 11.4 Å². The highest BCUT2D eigenvalue weighted by molar-refractivity contribution is 7.92. The molecule has 0 fully saturated rings. The Morgan fingerprint density at radius 3 is 2.38 bits per heavy atom. The normalized spacial score (nSPS) is 11.0. The minimum absolute atomic E-state index is 0.115. The van der Waals surface area contributed by atoms with Crippen LogP contribution in [0.3, 0.4) is 0 Å². The number of sulfonamides is 1. The van der Waals surface area contributed by atoms with Gasteiger partial charge in [-0.2, -0.15) is 0 Å². The first kappa shape index (κ1) is 19.7. The van der Waals surface area contributed by atoms with Gasteiger partial charge < -0.3 is 5.32 Å². The molecule has 0 saturated carbocycles. The van der Waals surface area contributed by atoms with Gasteiger partial charge in [-0.05, 0) is 37.1 Å². The average molecular weight is 374 g/mol. The summed E-state index contributed by atoms with van der Waals surface area (Å²) in [6.45, 7) is 3.01. The van der Waals surface area contributed by atoms with Crippen molar-refractivity contribution in [3.05, 3.63) is 59.7 Å². The second-order valence-electron chi connectivity index (χ2n) is 5.94. The Kier molecular flexibility index (Phi) is 6.15. The highest BCUT2D eigenvalue weighted by Crippen LogP contribution is 2.23. The van der Waals surface area contributed by atoms with E-state index in [4.69, 9.17) is 0 Å². The molecule has 0 bridgehead atoms. The second-order valence-corrected chi connectivity index (χ2v) is 7.84. The van der Waals surface area contributed by atoms with E-state index in [1.165, 1.54) is 6.92 Å². The highest BCUT2D eigenvalue weighted by Gasteiger charge is 2.22. The van der Waals surface area contributed by atoms with E-state index < -0.39 is 15.9 Å². The van der Waals surface area contributed by atoms with E-state index in [1.807, 2.05) is 19.1 Å². The van der Waals surface area contributed by atoms with Gasteiger partial charge in [0.05, 0.1) is 11.9 Å². The molecule has 2 rings (SSSR count). The molecule has 0 spiro atoms. The summed E-state index contributed by atoms with van der Waals surface area (Å²) in [4.78, 5) is 23.9. The monoisotopic (exact) mass is 374 g/mol. The van der Waals surface area contributed by atoms with E-state index >= 15 is 0 Å². The first-order chi connectivity index (χ1) is 12.2. The summed E-state index contributed by atoms with van der Waals surface area (Å²) in [5, 5.41) is 2.65. The van der Waals surface area contributed by atoms with Crippen molar-refractivity contribution < 1.29 is 18.0 Å². The largest absolute Gasteiger partial charge is 0.324 e. The van der Waals surface area contributed by atoms with Crippen molar-refractivity contribution in [2.45, 2.75) is 20.3 Å². The summed E-state index contributed by atoms with van der Waals surface area (Å²) >= 11 is 0.